The highest BCUT2D eigenvalue weighted by molar-refractivity contribution is 5.98. The molecule has 0 aliphatic rings. The van der Waals surface area contributed by atoms with Crippen LogP contribution >= 0.6 is 0 Å². The average Bonchev–Trinajstić information content (AvgIpc) is 2.47. The number of benzene rings is 2. The summed E-state index contributed by atoms with van der Waals surface area (Å²) in [4.78, 5) is 19.4. The third-order valence-electron chi connectivity index (χ3n) is 2.68. The molecule has 2 aromatic carbocycles. The first-order valence-corrected chi connectivity index (χ1v) is 6.85. The van der Waals surface area contributed by atoms with Crippen LogP contribution in [0.3, 0.4) is 0 Å². The summed E-state index contributed by atoms with van der Waals surface area (Å²) in [5.74, 6) is 0. The molecular formula is C17H20N2O2. The van der Waals surface area contributed by atoms with Gasteiger partial charge in [-0.1, -0.05) is 36.4 Å². The molecule has 2 aromatic rings. The zero-order chi connectivity index (χ0) is 15.3. The SMILES string of the molecule is CC(C)(C)ONC(=O)N(c1ccccc1)c1ccccc1. The lowest BCUT2D eigenvalue weighted by Crippen LogP contribution is -2.41. The first kappa shape index (κ1) is 15.1. The van der Waals surface area contributed by atoms with Crippen LogP contribution in [0.5, 0.6) is 0 Å². The van der Waals surface area contributed by atoms with E-state index in [-0.39, 0.29) is 6.03 Å². The summed E-state index contributed by atoms with van der Waals surface area (Å²) in [5, 5.41) is 0. The number of carbonyl (C=O) groups excluding carboxylic acids is 1. The van der Waals surface area contributed by atoms with Crippen molar-refractivity contribution >= 4 is 17.4 Å². The highest BCUT2D eigenvalue weighted by Crippen LogP contribution is 2.25. The predicted octanol–water partition coefficient (Wildman–Crippen LogP) is 4.26. The van der Waals surface area contributed by atoms with Crippen LogP contribution in [-0.4, -0.2) is 11.6 Å². The van der Waals surface area contributed by atoms with Gasteiger partial charge in [-0.2, -0.15) is 0 Å². The second-order valence-corrected chi connectivity index (χ2v) is 5.63. The van der Waals surface area contributed by atoms with Crippen LogP contribution in [-0.2, 0) is 4.84 Å². The number of hydrogen-bond donors (Lipinski definition) is 1. The number of anilines is 2. The van der Waals surface area contributed by atoms with Crippen LogP contribution in [0.4, 0.5) is 16.2 Å². The smallest absolute Gasteiger partial charge is 0.266 e. The topological polar surface area (TPSA) is 41.6 Å². The Balaban J connectivity index is 2.27. The van der Waals surface area contributed by atoms with E-state index in [1.165, 1.54) is 0 Å². The molecule has 0 saturated heterocycles. The van der Waals surface area contributed by atoms with Crippen LogP contribution in [0, 0.1) is 0 Å². The van der Waals surface area contributed by atoms with Gasteiger partial charge >= 0.3 is 6.03 Å². The van der Waals surface area contributed by atoms with Crippen molar-refractivity contribution in [1.29, 1.82) is 0 Å². The van der Waals surface area contributed by atoms with Crippen molar-refractivity contribution in [1.82, 2.24) is 5.48 Å². The highest BCUT2D eigenvalue weighted by atomic mass is 16.7. The van der Waals surface area contributed by atoms with Crippen LogP contribution < -0.4 is 10.4 Å². The number of nitrogens with zero attached hydrogens (tertiary/aromatic N) is 1. The molecule has 2 rings (SSSR count). The molecule has 0 radical (unpaired) electrons. The maximum atomic E-state index is 12.5. The molecule has 2 amide bonds. The Bertz CT molecular complexity index is 537. The van der Waals surface area contributed by atoms with E-state index < -0.39 is 5.60 Å². The van der Waals surface area contributed by atoms with Crippen molar-refractivity contribution in [2.45, 2.75) is 26.4 Å². The van der Waals surface area contributed by atoms with Crippen LogP contribution in [0.2, 0.25) is 0 Å². The summed E-state index contributed by atoms with van der Waals surface area (Å²) in [6, 6.07) is 18.6. The summed E-state index contributed by atoms with van der Waals surface area (Å²) in [5.41, 5.74) is 3.61. The van der Waals surface area contributed by atoms with E-state index in [4.69, 9.17) is 4.84 Å². The Morgan fingerprint density at radius 1 is 0.905 bits per heavy atom. The van der Waals surface area contributed by atoms with Crippen molar-refractivity contribution in [3.63, 3.8) is 0 Å². The van der Waals surface area contributed by atoms with E-state index in [0.29, 0.717) is 0 Å². The lowest BCUT2D eigenvalue weighted by atomic mass is 10.2. The molecule has 0 atom stereocenters. The number of hydroxylamine groups is 1. The Hall–Kier alpha value is -2.33. The van der Waals surface area contributed by atoms with Gasteiger partial charge in [-0.3, -0.25) is 9.74 Å². The minimum absolute atomic E-state index is 0.331. The minimum Gasteiger partial charge on any atom is -0.266 e. The van der Waals surface area contributed by atoms with Gasteiger partial charge in [0.2, 0.25) is 0 Å². The lowest BCUT2D eigenvalue weighted by Gasteiger charge is -2.26. The Labute approximate surface area is 125 Å². The lowest BCUT2D eigenvalue weighted by molar-refractivity contribution is -0.0513. The molecule has 110 valence electrons. The third kappa shape index (κ3) is 4.33. The van der Waals surface area contributed by atoms with Gasteiger partial charge in [-0.15, -0.1) is 0 Å². The van der Waals surface area contributed by atoms with Crippen molar-refractivity contribution in [2.24, 2.45) is 0 Å². The van der Waals surface area contributed by atoms with E-state index in [1.807, 2.05) is 81.4 Å². The first-order chi connectivity index (χ1) is 9.97. The normalized spacial score (nSPS) is 11.0. The van der Waals surface area contributed by atoms with Crippen LogP contribution in [0.25, 0.3) is 0 Å². The number of nitrogens with one attached hydrogen (secondary N) is 1. The van der Waals surface area contributed by atoms with Gasteiger partial charge in [0.25, 0.3) is 0 Å². The van der Waals surface area contributed by atoms with Crippen LogP contribution in [0.1, 0.15) is 20.8 Å². The average molecular weight is 284 g/mol. The molecular weight excluding hydrogens is 264 g/mol. The van der Waals surface area contributed by atoms with E-state index in [9.17, 15) is 4.79 Å². The van der Waals surface area contributed by atoms with Crippen molar-refractivity contribution in [3.8, 4) is 0 Å². The number of amides is 2. The van der Waals surface area contributed by atoms with Gasteiger partial charge in [0, 0.05) is 0 Å². The largest absolute Gasteiger partial charge is 0.350 e. The van der Waals surface area contributed by atoms with E-state index in [1.54, 1.807) is 4.90 Å². The summed E-state index contributed by atoms with van der Waals surface area (Å²) in [6.07, 6.45) is 0. The second kappa shape index (κ2) is 6.41. The van der Waals surface area contributed by atoms with Gasteiger partial charge in [-0.05, 0) is 45.0 Å². The van der Waals surface area contributed by atoms with Gasteiger partial charge in [-0.25, -0.2) is 10.3 Å². The van der Waals surface area contributed by atoms with E-state index in [0.717, 1.165) is 11.4 Å². The van der Waals surface area contributed by atoms with Crippen LogP contribution in [0.15, 0.2) is 60.7 Å². The zero-order valence-corrected chi connectivity index (χ0v) is 12.5. The highest BCUT2D eigenvalue weighted by Gasteiger charge is 2.20. The second-order valence-electron chi connectivity index (χ2n) is 5.63. The van der Waals surface area contributed by atoms with Gasteiger partial charge in [0.1, 0.15) is 0 Å². The molecule has 4 nitrogen and oxygen atoms in total. The molecule has 0 bridgehead atoms. The molecule has 4 heteroatoms. The molecule has 21 heavy (non-hydrogen) atoms. The Morgan fingerprint density at radius 3 is 1.71 bits per heavy atom. The fraction of sp³-hybridized carbons (Fsp3) is 0.235. The quantitative estimate of drug-likeness (QED) is 0.855. The third-order valence-corrected chi connectivity index (χ3v) is 2.68. The summed E-state index contributed by atoms with van der Waals surface area (Å²) in [6.45, 7) is 5.63. The molecule has 0 heterocycles. The van der Waals surface area contributed by atoms with Crippen molar-refractivity contribution in [2.75, 3.05) is 4.90 Å². The van der Waals surface area contributed by atoms with Crippen molar-refractivity contribution < 1.29 is 9.63 Å². The molecule has 0 spiro atoms. The number of urea groups is 1. The predicted molar refractivity (Wildman–Crippen MR) is 84.4 cm³/mol. The van der Waals surface area contributed by atoms with Gasteiger partial charge < -0.3 is 0 Å². The maximum absolute atomic E-state index is 12.5. The summed E-state index contributed by atoms with van der Waals surface area (Å²) < 4.78 is 0. The zero-order valence-electron chi connectivity index (χ0n) is 12.5. The number of para-hydroxylation sites is 2. The molecule has 0 aromatic heterocycles. The van der Waals surface area contributed by atoms with E-state index >= 15 is 0 Å². The summed E-state index contributed by atoms with van der Waals surface area (Å²) in [7, 11) is 0. The molecule has 0 aliphatic heterocycles. The van der Waals surface area contributed by atoms with Gasteiger partial charge in [0.05, 0.1) is 17.0 Å². The Kier molecular flexibility index (Phi) is 4.60. The molecule has 0 fully saturated rings. The molecule has 1 N–H and O–H groups in total. The fourth-order valence-corrected chi connectivity index (χ4v) is 1.78. The standard InChI is InChI=1S/C17H20N2O2/c1-17(2,3)21-18-16(20)19(14-10-6-4-7-11-14)15-12-8-5-9-13-15/h4-13H,1-3H3,(H,18,20). The summed E-state index contributed by atoms with van der Waals surface area (Å²) >= 11 is 0. The maximum Gasteiger partial charge on any atom is 0.350 e. The fourth-order valence-electron chi connectivity index (χ4n) is 1.78. The monoisotopic (exact) mass is 284 g/mol. The number of rotatable bonds is 3. The molecule has 0 saturated carbocycles. The Morgan fingerprint density at radius 2 is 1.33 bits per heavy atom. The minimum atomic E-state index is -0.450. The first-order valence-electron chi connectivity index (χ1n) is 6.85. The number of carbonyl (C=O) groups is 1. The van der Waals surface area contributed by atoms with E-state index in [2.05, 4.69) is 5.48 Å². The molecule has 0 unspecified atom stereocenters. The van der Waals surface area contributed by atoms with Gasteiger partial charge in [0.15, 0.2) is 0 Å². The molecule has 0 aliphatic carbocycles. The number of hydrogen-bond acceptors (Lipinski definition) is 2. The van der Waals surface area contributed by atoms with Crippen molar-refractivity contribution in [3.05, 3.63) is 60.7 Å².